The Balaban J connectivity index is 1.47. The SMILES string of the molecule is COc1ccc(CCN2CCC(N(CC3CC3)S(C)(=O)=O)CC2)cc1. The molecule has 6 heteroatoms. The van der Waals surface area contributed by atoms with Crippen LogP contribution in [0.4, 0.5) is 0 Å². The van der Waals surface area contributed by atoms with E-state index in [1.54, 1.807) is 11.4 Å². The third-order valence-corrected chi connectivity index (χ3v) is 6.70. The van der Waals surface area contributed by atoms with Crippen molar-refractivity contribution in [2.75, 3.05) is 39.5 Å². The summed E-state index contributed by atoms with van der Waals surface area (Å²) in [4.78, 5) is 2.46. The van der Waals surface area contributed by atoms with Crippen molar-refractivity contribution in [2.24, 2.45) is 5.92 Å². The molecule has 0 radical (unpaired) electrons. The second-order valence-electron chi connectivity index (χ2n) is 7.45. The summed E-state index contributed by atoms with van der Waals surface area (Å²) in [6, 6.07) is 8.43. The summed E-state index contributed by atoms with van der Waals surface area (Å²) in [6.07, 6.45) is 6.65. The van der Waals surface area contributed by atoms with E-state index in [1.165, 1.54) is 24.7 Å². The summed E-state index contributed by atoms with van der Waals surface area (Å²) in [5, 5.41) is 0. The van der Waals surface area contributed by atoms with Crippen LogP contribution in [0.2, 0.25) is 0 Å². The fourth-order valence-electron chi connectivity index (χ4n) is 3.62. The number of hydrogen-bond donors (Lipinski definition) is 0. The van der Waals surface area contributed by atoms with E-state index < -0.39 is 10.0 Å². The van der Waals surface area contributed by atoms with E-state index in [-0.39, 0.29) is 6.04 Å². The van der Waals surface area contributed by atoms with Gasteiger partial charge in [0.25, 0.3) is 0 Å². The lowest BCUT2D eigenvalue weighted by Crippen LogP contribution is -2.48. The van der Waals surface area contributed by atoms with Gasteiger partial charge >= 0.3 is 0 Å². The van der Waals surface area contributed by atoms with Crippen LogP contribution in [0.15, 0.2) is 24.3 Å². The highest BCUT2D eigenvalue weighted by molar-refractivity contribution is 7.88. The molecule has 2 aliphatic rings. The molecule has 0 spiro atoms. The molecule has 1 saturated heterocycles. The Bertz CT molecular complexity index is 648. The summed E-state index contributed by atoms with van der Waals surface area (Å²) in [5.74, 6) is 1.49. The molecule has 0 amide bonds. The molecule has 0 N–H and O–H groups in total. The van der Waals surface area contributed by atoms with Crippen LogP contribution < -0.4 is 4.74 Å². The number of sulfonamides is 1. The van der Waals surface area contributed by atoms with E-state index in [9.17, 15) is 8.42 Å². The average Bonchev–Trinajstić information content (AvgIpc) is 3.42. The van der Waals surface area contributed by atoms with E-state index in [2.05, 4.69) is 17.0 Å². The van der Waals surface area contributed by atoms with Crippen molar-refractivity contribution in [3.8, 4) is 5.75 Å². The van der Waals surface area contributed by atoms with E-state index in [4.69, 9.17) is 4.74 Å². The molecule has 3 rings (SSSR count). The number of benzene rings is 1. The van der Waals surface area contributed by atoms with E-state index in [0.717, 1.165) is 51.2 Å². The summed E-state index contributed by atoms with van der Waals surface area (Å²) in [7, 11) is -1.41. The third-order valence-electron chi connectivity index (χ3n) is 5.40. The van der Waals surface area contributed by atoms with E-state index in [0.29, 0.717) is 5.92 Å². The first-order chi connectivity index (χ1) is 12.0. The molecule has 1 aliphatic heterocycles. The lowest BCUT2D eigenvalue weighted by atomic mass is 10.0. The molecule has 1 aliphatic carbocycles. The van der Waals surface area contributed by atoms with Gasteiger partial charge < -0.3 is 9.64 Å². The van der Waals surface area contributed by atoms with Gasteiger partial charge in [-0.05, 0) is 68.8 Å². The van der Waals surface area contributed by atoms with E-state index in [1.807, 2.05) is 12.1 Å². The van der Waals surface area contributed by atoms with Crippen LogP contribution in [0.25, 0.3) is 0 Å². The summed E-state index contributed by atoms with van der Waals surface area (Å²) in [6.45, 7) is 3.73. The largest absolute Gasteiger partial charge is 0.497 e. The molecule has 1 heterocycles. The maximum Gasteiger partial charge on any atom is 0.211 e. The molecule has 0 unspecified atom stereocenters. The van der Waals surface area contributed by atoms with E-state index >= 15 is 0 Å². The first-order valence-electron chi connectivity index (χ1n) is 9.28. The van der Waals surface area contributed by atoms with Crippen LogP contribution >= 0.6 is 0 Å². The zero-order chi connectivity index (χ0) is 17.9. The highest BCUT2D eigenvalue weighted by Gasteiger charge is 2.34. The minimum atomic E-state index is -3.10. The number of nitrogens with zero attached hydrogens (tertiary/aromatic N) is 2. The van der Waals surface area contributed by atoms with Gasteiger partial charge in [0.2, 0.25) is 10.0 Å². The van der Waals surface area contributed by atoms with Crippen molar-refractivity contribution in [1.82, 2.24) is 9.21 Å². The molecule has 1 aromatic carbocycles. The van der Waals surface area contributed by atoms with Crippen molar-refractivity contribution in [3.63, 3.8) is 0 Å². The highest BCUT2D eigenvalue weighted by atomic mass is 32.2. The summed E-state index contributed by atoms with van der Waals surface area (Å²) >= 11 is 0. The Labute approximate surface area is 152 Å². The maximum absolute atomic E-state index is 12.1. The van der Waals surface area contributed by atoms with Gasteiger partial charge in [0.15, 0.2) is 0 Å². The minimum Gasteiger partial charge on any atom is -0.497 e. The predicted molar refractivity (Wildman–Crippen MR) is 100 cm³/mol. The molecule has 0 atom stereocenters. The van der Waals surface area contributed by atoms with Crippen molar-refractivity contribution in [1.29, 1.82) is 0 Å². The van der Waals surface area contributed by atoms with Gasteiger partial charge in [0.05, 0.1) is 13.4 Å². The summed E-state index contributed by atoms with van der Waals surface area (Å²) < 4.78 is 31.3. The van der Waals surface area contributed by atoms with Crippen molar-refractivity contribution in [2.45, 2.75) is 38.1 Å². The molecule has 1 saturated carbocycles. The number of methoxy groups -OCH3 is 1. The molecule has 25 heavy (non-hydrogen) atoms. The standard InChI is InChI=1S/C19H30N2O3S/c1-24-19-7-5-16(6-8-19)9-12-20-13-10-18(11-14-20)21(25(2,22)23)15-17-3-4-17/h5-8,17-18H,3-4,9-15H2,1-2H3. The number of piperidine rings is 1. The lowest BCUT2D eigenvalue weighted by Gasteiger charge is -2.37. The third kappa shape index (κ3) is 5.43. The smallest absolute Gasteiger partial charge is 0.211 e. The average molecular weight is 367 g/mol. The van der Waals surface area contributed by atoms with Gasteiger partial charge in [-0.15, -0.1) is 0 Å². The van der Waals surface area contributed by atoms with Gasteiger partial charge in [-0.3, -0.25) is 0 Å². The predicted octanol–water partition coefficient (Wildman–Crippen LogP) is 2.37. The van der Waals surface area contributed by atoms with Crippen LogP contribution in [0.1, 0.15) is 31.2 Å². The second kappa shape index (κ2) is 8.06. The number of hydrogen-bond acceptors (Lipinski definition) is 4. The molecular formula is C19H30N2O3S. The molecule has 140 valence electrons. The van der Waals surface area contributed by atoms with Gasteiger partial charge in [0.1, 0.15) is 5.75 Å². The van der Waals surface area contributed by atoms with Crippen LogP contribution in [0.5, 0.6) is 5.75 Å². The highest BCUT2D eigenvalue weighted by Crippen LogP contribution is 2.32. The summed E-state index contributed by atoms with van der Waals surface area (Å²) in [5.41, 5.74) is 1.31. The quantitative estimate of drug-likeness (QED) is 0.709. The zero-order valence-corrected chi connectivity index (χ0v) is 16.2. The van der Waals surface area contributed by atoms with Crippen LogP contribution in [0.3, 0.4) is 0 Å². The first-order valence-corrected chi connectivity index (χ1v) is 11.1. The van der Waals surface area contributed by atoms with Crippen LogP contribution in [0, 0.1) is 5.92 Å². The fraction of sp³-hybridized carbons (Fsp3) is 0.684. The Hall–Kier alpha value is -1.11. The van der Waals surface area contributed by atoms with Gasteiger partial charge in [-0.1, -0.05) is 12.1 Å². The second-order valence-corrected chi connectivity index (χ2v) is 9.38. The van der Waals surface area contributed by atoms with Crippen molar-refractivity contribution in [3.05, 3.63) is 29.8 Å². The fourth-order valence-corrected chi connectivity index (χ4v) is 4.85. The Morgan fingerprint density at radius 1 is 1.12 bits per heavy atom. The zero-order valence-electron chi connectivity index (χ0n) is 15.4. The van der Waals surface area contributed by atoms with Gasteiger partial charge in [-0.2, -0.15) is 4.31 Å². The van der Waals surface area contributed by atoms with Gasteiger partial charge in [0, 0.05) is 19.1 Å². The Kier molecular flexibility index (Phi) is 6.02. The molecule has 0 aromatic heterocycles. The molecule has 0 bridgehead atoms. The number of ether oxygens (including phenoxy) is 1. The normalized spacial score (nSPS) is 20.1. The molecule has 5 nitrogen and oxygen atoms in total. The van der Waals surface area contributed by atoms with Crippen LogP contribution in [-0.4, -0.2) is 63.2 Å². The van der Waals surface area contributed by atoms with Crippen molar-refractivity contribution < 1.29 is 13.2 Å². The van der Waals surface area contributed by atoms with Gasteiger partial charge in [-0.25, -0.2) is 8.42 Å². The lowest BCUT2D eigenvalue weighted by molar-refractivity contribution is 0.158. The first kappa shape index (κ1) is 18.7. The topological polar surface area (TPSA) is 49.9 Å². The molecule has 1 aromatic rings. The number of likely N-dealkylation sites (tertiary alicyclic amines) is 1. The Morgan fingerprint density at radius 2 is 1.76 bits per heavy atom. The number of rotatable bonds is 8. The monoisotopic (exact) mass is 366 g/mol. The minimum absolute atomic E-state index is 0.188. The van der Waals surface area contributed by atoms with Crippen LogP contribution in [-0.2, 0) is 16.4 Å². The molecule has 2 fully saturated rings. The molecular weight excluding hydrogens is 336 g/mol. The Morgan fingerprint density at radius 3 is 2.28 bits per heavy atom. The van der Waals surface area contributed by atoms with Crippen molar-refractivity contribution >= 4 is 10.0 Å². The maximum atomic E-state index is 12.1.